The number of rotatable bonds is 5. The lowest BCUT2D eigenvalue weighted by molar-refractivity contribution is -0.132. The van der Waals surface area contributed by atoms with E-state index < -0.39 is 0 Å². The maximum Gasteiger partial charge on any atom is 0.222 e. The molecule has 0 aliphatic carbocycles. The van der Waals surface area contributed by atoms with Gasteiger partial charge in [-0.2, -0.15) is 0 Å². The number of pyridine rings is 1. The molecule has 3 aromatic rings. The van der Waals surface area contributed by atoms with E-state index in [1.54, 1.807) is 0 Å². The molecule has 0 bridgehead atoms. The Morgan fingerprint density at radius 3 is 2.84 bits per heavy atom. The molecule has 6 nitrogen and oxygen atoms in total. The van der Waals surface area contributed by atoms with Crippen LogP contribution in [0.1, 0.15) is 37.4 Å². The van der Waals surface area contributed by atoms with Crippen molar-refractivity contribution < 1.29 is 4.79 Å². The van der Waals surface area contributed by atoms with Crippen molar-refractivity contribution in [3.8, 4) is 0 Å². The summed E-state index contributed by atoms with van der Waals surface area (Å²) in [6, 6.07) is 9.95. The van der Waals surface area contributed by atoms with Gasteiger partial charge in [0.15, 0.2) is 5.65 Å². The van der Waals surface area contributed by atoms with Gasteiger partial charge in [-0.25, -0.2) is 0 Å². The van der Waals surface area contributed by atoms with E-state index in [1.807, 2.05) is 58.2 Å². The van der Waals surface area contributed by atoms with Crippen LogP contribution in [0.25, 0.3) is 5.65 Å². The van der Waals surface area contributed by atoms with Crippen LogP contribution in [0.15, 0.2) is 48.9 Å². The van der Waals surface area contributed by atoms with Gasteiger partial charge in [0.05, 0.1) is 0 Å². The monoisotopic (exact) mass is 337 g/mol. The molecular weight excluding hydrogens is 314 g/mol. The van der Waals surface area contributed by atoms with Crippen molar-refractivity contribution in [1.82, 2.24) is 24.1 Å². The fourth-order valence-corrected chi connectivity index (χ4v) is 3.64. The number of carbonyl (C=O) groups excluding carboxylic acids is 1. The topological polar surface area (TPSA) is 55.4 Å². The van der Waals surface area contributed by atoms with E-state index in [-0.39, 0.29) is 11.8 Å². The molecule has 0 N–H and O–H groups in total. The number of aryl methyl sites for hydroxylation is 1. The molecule has 0 saturated carbocycles. The summed E-state index contributed by atoms with van der Waals surface area (Å²) in [4.78, 5) is 14.6. The van der Waals surface area contributed by atoms with Crippen LogP contribution in [0.5, 0.6) is 0 Å². The first kappa shape index (κ1) is 15.9. The summed E-state index contributed by atoms with van der Waals surface area (Å²) >= 11 is 0. The van der Waals surface area contributed by atoms with Crippen molar-refractivity contribution in [1.29, 1.82) is 0 Å². The lowest BCUT2D eigenvalue weighted by Crippen LogP contribution is -2.39. The van der Waals surface area contributed by atoms with Crippen molar-refractivity contribution in [3.05, 3.63) is 54.7 Å². The number of aromatic nitrogens is 4. The van der Waals surface area contributed by atoms with Crippen LogP contribution >= 0.6 is 0 Å². The zero-order valence-electron chi connectivity index (χ0n) is 14.3. The first-order valence-corrected chi connectivity index (χ1v) is 8.99. The van der Waals surface area contributed by atoms with Crippen LogP contribution in [0, 0.1) is 0 Å². The first-order chi connectivity index (χ1) is 12.3. The Balaban J connectivity index is 1.38. The minimum atomic E-state index is 0.255. The molecule has 1 atom stereocenters. The highest BCUT2D eigenvalue weighted by atomic mass is 16.2. The molecule has 1 saturated heterocycles. The van der Waals surface area contributed by atoms with Crippen molar-refractivity contribution in [2.45, 2.75) is 38.1 Å². The highest BCUT2D eigenvalue weighted by Crippen LogP contribution is 2.26. The van der Waals surface area contributed by atoms with Gasteiger partial charge in [-0.15, -0.1) is 10.2 Å². The average molecular weight is 337 g/mol. The van der Waals surface area contributed by atoms with Crippen LogP contribution in [0.2, 0.25) is 0 Å². The summed E-state index contributed by atoms with van der Waals surface area (Å²) < 4.78 is 4.17. The smallest absolute Gasteiger partial charge is 0.222 e. The Bertz CT molecular complexity index is 839. The van der Waals surface area contributed by atoms with Gasteiger partial charge in [0.25, 0.3) is 0 Å². The quantitative estimate of drug-likeness (QED) is 0.719. The van der Waals surface area contributed by atoms with Crippen LogP contribution < -0.4 is 0 Å². The third-order valence-electron chi connectivity index (χ3n) is 4.95. The number of hydrogen-bond acceptors (Lipinski definition) is 3. The van der Waals surface area contributed by atoms with Crippen LogP contribution in [0.4, 0.5) is 0 Å². The number of hydrogen-bond donors (Lipinski definition) is 0. The molecule has 0 spiro atoms. The largest absolute Gasteiger partial charge is 0.354 e. The molecule has 1 amide bonds. The van der Waals surface area contributed by atoms with Crippen molar-refractivity contribution in [3.63, 3.8) is 0 Å². The van der Waals surface area contributed by atoms with Gasteiger partial charge in [0.1, 0.15) is 5.82 Å². The number of nitrogens with zero attached hydrogens (tertiary/aromatic N) is 5. The van der Waals surface area contributed by atoms with E-state index in [0.29, 0.717) is 6.42 Å². The first-order valence-electron chi connectivity index (χ1n) is 8.99. The predicted octanol–water partition coefficient (Wildman–Crippen LogP) is 2.72. The number of fused-ring (bicyclic) bond motifs is 1. The zero-order chi connectivity index (χ0) is 17.1. The van der Waals surface area contributed by atoms with Crippen molar-refractivity contribution in [2.75, 3.05) is 13.1 Å². The van der Waals surface area contributed by atoms with Gasteiger partial charge in [-0.05, 0) is 43.5 Å². The maximum atomic E-state index is 12.6. The van der Waals surface area contributed by atoms with Gasteiger partial charge in [0.2, 0.25) is 5.91 Å². The number of amides is 1. The Morgan fingerprint density at radius 2 is 1.96 bits per heavy atom. The van der Waals surface area contributed by atoms with E-state index in [4.69, 9.17) is 0 Å². The fourth-order valence-electron chi connectivity index (χ4n) is 3.64. The predicted molar refractivity (Wildman–Crippen MR) is 95.2 cm³/mol. The molecule has 0 unspecified atom stereocenters. The van der Waals surface area contributed by atoms with Gasteiger partial charge in [0, 0.05) is 50.6 Å². The lowest BCUT2D eigenvalue weighted by atomic mass is 9.97. The van der Waals surface area contributed by atoms with Crippen LogP contribution in [0.3, 0.4) is 0 Å². The molecule has 1 aliphatic rings. The van der Waals surface area contributed by atoms with E-state index in [1.165, 1.54) is 0 Å². The molecule has 25 heavy (non-hydrogen) atoms. The molecule has 0 radical (unpaired) electrons. The summed E-state index contributed by atoms with van der Waals surface area (Å²) in [6.45, 7) is 2.50. The van der Waals surface area contributed by atoms with E-state index in [0.717, 1.165) is 50.4 Å². The SMILES string of the molecule is O=C(CCCn1cccc1)N1CCC[C@H](c2nnc3ccccn23)C1. The second-order valence-electron chi connectivity index (χ2n) is 6.69. The van der Waals surface area contributed by atoms with E-state index in [2.05, 4.69) is 14.8 Å². The number of likely N-dealkylation sites (tertiary alicyclic amines) is 1. The summed E-state index contributed by atoms with van der Waals surface area (Å²) in [7, 11) is 0. The number of piperidine rings is 1. The Hall–Kier alpha value is -2.63. The Labute approximate surface area is 147 Å². The molecule has 0 aromatic carbocycles. The highest BCUT2D eigenvalue weighted by molar-refractivity contribution is 5.76. The summed E-state index contributed by atoms with van der Waals surface area (Å²) in [6.07, 6.45) is 9.64. The minimum absolute atomic E-state index is 0.255. The molecule has 1 fully saturated rings. The zero-order valence-corrected chi connectivity index (χ0v) is 14.3. The highest BCUT2D eigenvalue weighted by Gasteiger charge is 2.27. The van der Waals surface area contributed by atoms with Crippen LogP contribution in [-0.4, -0.2) is 43.1 Å². The van der Waals surface area contributed by atoms with Crippen molar-refractivity contribution in [2.24, 2.45) is 0 Å². The molecule has 4 heterocycles. The maximum absolute atomic E-state index is 12.6. The third-order valence-corrected chi connectivity index (χ3v) is 4.95. The second-order valence-corrected chi connectivity index (χ2v) is 6.69. The third kappa shape index (κ3) is 3.43. The van der Waals surface area contributed by atoms with E-state index >= 15 is 0 Å². The average Bonchev–Trinajstić information content (AvgIpc) is 3.31. The van der Waals surface area contributed by atoms with E-state index in [9.17, 15) is 4.79 Å². The normalized spacial score (nSPS) is 17.9. The summed E-state index contributed by atoms with van der Waals surface area (Å²) in [5.41, 5.74) is 0.868. The van der Waals surface area contributed by atoms with Crippen LogP contribution in [-0.2, 0) is 11.3 Å². The molecule has 6 heteroatoms. The van der Waals surface area contributed by atoms with Gasteiger partial charge >= 0.3 is 0 Å². The standard InChI is InChI=1S/C19H23N5O/c25-18(9-6-12-22-10-3-4-11-22)23-13-5-7-16(15-23)19-21-20-17-8-1-2-14-24(17)19/h1-4,8,10-11,14,16H,5-7,9,12-13,15H2/t16-/m0/s1. The summed E-state index contributed by atoms with van der Waals surface area (Å²) in [5.74, 6) is 1.49. The second kappa shape index (κ2) is 7.09. The van der Waals surface area contributed by atoms with Gasteiger partial charge in [-0.1, -0.05) is 6.07 Å². The molecular formula is C19H23N5O. The summed E-state index contributed by atoms with van der Waals surface area (Å²) in [5, 5.41) is 8.63. The molecule has 4 rings (SSSR count). The fraction of sp³-hybridized carbons (Fsp3) is 0.421. The Morgan fingerprint density at radius 1 is 1.12 bits per heavy atom. The van der Waals surface area contributed by atoms with Crippen molar-refractivity contribution >= 4 is 11.6 Å². The molecule has 1 aliphatic heterocycles. The minimum Gasteiger partial charge on any atom is -0.354 e. The molecule has 130 valence electrons. The number of carbonyl (C=O) groups is 1. The van der Waals surface area contributed by atoms with Gasteiger partial charge < -0.3 is 9.47 Å². The Kier molecular flexibility index (Phi) is 4.50. The molecule has 3 aromatic heterocycles. The van der Waals surface area contributed by atoms with Gasteiger partial charge in [-0.3, -0.25) is 9.20 Å². The lowest BCUT2D eigenvalue weighted by Gasteiger charge is -2.32.